The molecular formula is C3H12N4. The van der Waals surface area contributed by atoms with Crippen molar-refractivity contribution in [1.82, 2.24) is 11.6 Å². The Morgan fingerprint density at radius 3 is 2.14 bits per heavy atom. The van der Waals surface area contributed by atoms with Gasteiger partial charge < -0.3 is 17.3 Å². The van der Waals surface area contributed by atoms with Crippen LogP contribution in [0, 0.1) is 0 Å². The maximum atomic E-state index is 5.09. The summed E-state index contributed by atoms with van der Waals surface area (Å²) in [5, 5.41) is 3.57. The van der Waals surface area contributed by atoms with Crippen LogP contribution in [0.1, 0.15) is 6.92 Å². The molecule has 0 atom stereocenters. The lowest BCUT2D eigenvalue weighted by molar-refractivity contribution is 0.896. The van der Waals surface area contributed by atoms with Gasteiger partial charge >= 0.3 is 0 Å². The van der Waals surface area contributed by atoms with Gasteiger partial charge in [-0.3, -0.25) is 0 Å². The van der Waals surface area contributed by atoms with Gasteiger partial charge in [-0.1, -0.05) is 0 Å². The lowest BCUT2D eigenvalue weighted by atomic mass is 10.7. The molecule has 0 fully saturated rings. The van der Waals surface area contributed by atoms with E-state index in [2.05, 4.69) is 10.5 Å². The third kappa shape index (κ3) is 11.0. The van der Waals surface area contributed by atoms with Crippen molar-refractivity contribution >= 4 is 5.84 Å². The molecule has 0 bridgehead atoms. The van der Waals surface area contributed by atoms with Crippen LogP contribution in [0.3, 0.4) is 0 Å². The highest BCUT2D eigenvalue weighted by Crippen LogP contribution is 1.52. The molecule has 7 heavy (non-hydrogen) atoms. The number of nitrogens with zero attached hydrogens (tertiary/aromatic N) is 1. The van der Waals surface area contributed by atoms with Gasteiger partial charge in [0.1, 0.15) is 5.84 Å². The minimum Gasteiger partial charge on any atom is -0.386 e. The van der Waals surface area contributed by atoms with Crippen molar-refractivity contribution < 1.29 is 0 Å². The van der Waals surface area contributed by atoms with E-state index < -0.39 is 0 Å². The highest BCUT2D eigenvalue weighted by Gasteiger charge is 1.66. The molecule has 0 aliphatic carbocycles. The van der Waals surface area contributed by atoms with Gasteiger partial charge in [0.05, 0.1) is 0 Å². The Morgan fingerprint density at radius 1 is 1.71 bits per heavy atom. The highest BCUT2D eigenvalue weighted by atomic mass is 15.3. The van der Waals surface area contributed by atoms with Gasteiger partial charge in [-0.15, -0.1) is 0 Å². The lowest BCUT2D eigenvalue weighted by Crippen LogP contribution is -2.10. The SMILES string of the molecule is CN/N=C(/C)N.N. The topological polar surface area (TPSA) is 85.4 Å². The van der Waals surface area contributed by atoms with Gasteiger partial charge in [0.15, 0.2) is 0 Å². The Morgan fingerprint density at radius 2 is 2.14 bits per heavy atom. The van der Waals surface area contributed by atoms with Gasteiger partial charge in [0, 0.05) is 7.05 Å². The molecular weight excluding hydrogens is 92.1 g/mol. The molecule has 44 valence electrons. The van der Waals surface area contributed by atoms with E-state index in [4.69, 9.17) is 5.73 Å². The van der Waals surface area contributed by atoms with Crippen LogP contribution < -0.4 is 17.3 Å². The van der Waals surface area contributed by atoms with E-state index in [9.17, 15) is 0 Å². The Balaban J connectivity index is 0. The molecule has 0 rings (SSSR count). The van der Waals surface area contributed by atoms with Crippen LogP contribution in [-0.2, 0) is 0 Å². The molecule has 0 aromatic carbocycles. The second kappa shape index (κ2) is 5.23. The first-order valence-electron chi connectivity index (χ1n) is 1.74. The van der Waals surface area contributed by atoms with E-state index in [0.717, 1.165) is 0 Å². The van der Waals surface area contributed by atoms with E-state index >= 15 is 0 Å². The smallest absolute Gasteiger partial charge is 0.116 e. The van der Waals surface area contributed by atoms with E-state index in [1.807, 2.05) is 0 Å². The minimum absolute atomic E-state index is 0. The van der Waals surface area contributed by atoms with Crippen molar-refractivity contribution in [1.29, 1.82) is 0 Å². The first-order chi connectivity index (χ1) is 2.77. The molecule has 0 unspecified atom stereocenters. The number of hydrazone groups is 1. The third-order valence-corrected chi connectivity index (χ3v) is 0.288. The van der Waals surface area contributed by atoms with Gasteiger partial charge in [0.2, 0.25) is 0 Å². The van der Waals surface area contributed by atoms with Crippen LogP contribution in [0.25, 0.3) is 0 Å². The molecule has 0 aliphatic heterocycles. The molecule has 4 nitrogen and oxygen atoms in total. The second-order valence-electron chi connectivity index (χ2n) is 0.977. The Bertz CT molecular complexity index is 54.0. The number of hydrogen-bond donors (Lipinski definition) is 3. The van der Waals surface area contributed by atoms with Crippen molar-refractivity contribution in [2.45, 2.75) is 6.92 Å². The second-order valence-corrected chi connectivity index (χ2v) is 0.977. The van der Waals surface area contributed by atoms with Gasteiger partial charge in [-0.05, 0) is 6.92 Å². The van der Waals surface area contributed by atoms with Crippen LogP contribution in [0.5, 0.6) is 0 Å². The molecule has 0 aromatic heterocycles. The molecule has 0 heterocycles. The zero-order valence-corrected chi connectivity index (χ0v) is 4.73. The van der Waals surface area contributed by atoms with Gasteiger partial charge in [0.25, 0.3) is 0 Å². The first-order valence-corrected chi connectivity index (χ1v) is 1.74. The summed E-state index contributed by atoms with van der Waals surface area (Å²) in [7, 11) is 1.70. The summed E-state index contributed by atoms with van der Waals surface area (Å²) in [4.78, 5) is 0. The summed E-state index contributed by atoms with van der Waals surface area (Å²) in [6.45, 7) is 1.72. The van der Waals surface area contributed by atoms with Crippen LogP contribution in [0.2, 0.25) is 0 Å². The average molecular weight is 104 g/mol. The monoisotopic (exact) mass is 104 g/mol. The fraction of sp³-hybridized carbons (Fsp3) is 0.667. The molecule has 6 N–H and O–H groups in total. The quantitative estimate of drug-likeness (QED) is 0.241. The fourth-order valence-electron chi connectivity index (χ4n) is 0.176. The number of nitrogens with two attached hydrogens (primary N) is 1. The molecule has 4 heteroatoms. The summed E-state index contributed by atoms with van der Waals surface area (Å²) in [5.74, 6) is 0.553. The molecule has 0 spiro atoms. The normalized spacial score (nSPS) is 9.71. The fourth-order valence-corrected chi connectivity index (χ4v) is 0.176. The van der Waals surface area contributed by atoms with Gasteiger partial charge in [-0.25, -0.2) is 0 Å². The predicted molar refractivity (Wildman–Crippen MR) is 31.4 cm³/mol. The van der Waals surface area contributed by atoms with E-state index in [-0.39, 0.29) is 6.15 Å². The number of rotatable bonds is 1. The molecule has 0 aliphatic rings. The number of hydrogen-bond acceptors (Lipinski definition) is 3. The van der Waals surface area contributed by atoms with E-state index in [1.165, 1.54) is 0 Å². The van der Waals surface area contributed by atoms with E-state index in [1.54, 1.807) is 14.0 Å². The van der Waals surface area contributed by atoms with Crippen molar-refractivity contribution in [2.75, 3.05) is 7.05 Å². The minimum atomic E-state index is 0. The first kappa shape index (κ1) is 9.52. The summed E-state index contributed by atoms with van der Waals surface area (Å²) in [6, 6.07) is 0. The maximum Gasteiger partial charge on any atom is 0.116 e. The Labute approximate surface area is 43.4 Å². The molecule has 0 aromatic rings. The molecule has 0 amide bonds. The predicted octanol–water partition coefficient (Wildman–Crippen LogP) is -0.340. The van der Waals surface area contributed by atoms with Crippen LogP contribution >= 0.6 is 0 Å². The van der Waals surface area contributed by atoms with E-state index in [0.29, 0.717) is 5.84 Å². The molecule has 0 radical (unpaired) electrons. The maximum absolute atomic E-state index is 5.09. The zero-order chi connectivity index (χ0) is 4.99. The highest BCUT2D eigenvalue weighted by molar-refractivity contribution is 5.76. The van der Waals surface area contributed by atoms with Crippen molar-refractivity contribution in [3.05, 3.63) is 0 Å². The van der Waals surface area contributed by atoms with Crippen LogP contribution in [0.15, 0.2) is 5.10 Å². The van der Waals surface area contributed by atoms with Crippen LogP contribution in [-0.4, -0.2) is 12.9 Å². The summed E-state index contributed by atoms with van der Waals surface area (Å²) in [5.41, 5.74) is 7.62. The van der Waals surface area contributed by atoms with Crippen LogP contribution in [0.4, 0.5) is 0 Å². The summed E-state index contributed by atoms with van der Waals surface area (Å²) >= 11 is 0. The third-order valence-electron chi connectivity index (χ3n) is 0.288. The molecule has 0 saturated heterocycles. The number of nitrogens with one attached hydrogen (secondary N) is 1. The Kier molecular flexibility index (Phi) is 7.12. The summed E-state index contributed by atoms with van der Waals surface area (Å²) in [6.07, 6.45) is 0. The zero-order valence-electron chi connectivity index (χ0n) is 4.73. The van der Waals surface area contributed by atoms with Crippen molar-refractivity contribution in [3.8, 4) is 0 Å². The summed E-state index contributed by atoms with van der Waals surface area (Å²) < 4.78 is 0. The Hall–Kier alpha value is -0.770. The average Bonchev–Trinajstić information content (AvgIpc) is 1.35. The lowest BCUT2D eigenvalue weighted by Gasteiger charge is -1.85. The number of amidine groups is 1. The van der Waals surface area contributed by atoms with Crippen molar-refractivity contribution in [2.24, 2.45) is 10.8 Å². The largest absolute Gasteiger partial charge is 0.386 e. The van der Waals surface area contributed by atoms with Crippen molar-refractivity contribution in [3.63, 3.8) is 0 Å². The van der Waals surface area contributed by atoms with Gasteiger partial charge in [-0.2, -0.15) is 5.10 Å². The standard InChI is InChI=1S/C3H9N3.H3N/c1-3(4)6-5-2;/h5H,1-2H3,(H2,4,6);1H3. The molecule has 0 saturated carbocycles.